The van der Waals surface area contributed by atoms with Crippen molar-refractivity contribution >= 4 is 17.0 Å². The van der Waals surface area contributed by atoms with Gasteiger partial charge in [0.15, 0.2) is 0 Å². The summed E-state index contributed by atoms with van der Waals surface area (Å²) < 4.78 is 11.4. The molecule has 3 rings (SSSR count). The van der Waals surface area contributed by atoms with Crippen LogP contribution in [0.3, 0.4) is 0 Å². The standard InChI is InChI=1S/C19H17NO3/c21-20-14-15-4-3-7-18(12-15)22-10-11-23-19-9-8-16-5-1-2-6-17(16)13-19/h1-9,12-14,21H,10-11H2/b20-14+. The molecule has 0 amide bonds. The number of nitrogens with zero attached hydrogens (tertiary/aromatic N) is 1. The molecular weight excluding hydrogens is 290 g/mol. The first-order chi connectivity index (χ1) is 11.3. The smallest absolute Gasteiger partial charge is 0.122 e. The van der Waals surface area contributed by atoms with Crippen molar-refractivity contribution in [2.24, 2.45) is 5.16 Å². The average molecular weight is 307 g/mol. The lowest BCUT2D eigenvalue weighted by molar-refractivity contribution is 0.217. The van der Waals surface area contributed by atoms with Gasteiger partial charge in [-0.15, -0.1) is 0 Å². The number of hydrogen-bond acceptors (Lipinski definition) is 4. The Labute approximate surface area is 134 Å². The number of hydrogen-bond donors (Lipinski definition) is 1. The van der Waals surface area contributed by atoms with Crippen LogP contribution in [0.1, 0.15) is 5.56 Å². The maximum atomic E-state index is 8.53. The molecule has 0 aliphatic carbocycles. The molecule has 0 heterocycles. The second kappa shape index (κ2) is 7.31. The highest BCUT2D eigenvalue weighted by molar-refractivity contribution is 5.83. The van der Waals surface area contributed by atoms with E-state index in [1.807, 2.05) is 48.5 Å². The van der Waals surface area contributed by atoms with Crippen LogP contribution in [0.4, 0.5) is 0 Å². The van der Waals surface area contributed by atoms with Crippen LogP contribution in [-0.4, -0.2) is 24.6 Å². The van der Waals surface area contributed by atoms with E-state index < -0.39 is 0 Å². The van der Waals surface area contributed by atoms with Crippen LogP contribution in [0.5, 0.6) is 11.5 Å². The van der Waals surface area contributed by atoms with Gasteiger partial charge in [0.1, 0.15) is 24.7 Å². The second-order valence-electron chi connectivity index (χ2n) is 5.02. The largest absolute Gasteiger partial charge is 0.490 e. The SMILES string of the molecule is O/N=C/c1cccc(OCCOc2ccc3ccccc3c2)c1. The molecule has 4 heteroatoms. The monoisotopic (exact) mass is 307 g/mol. The third-order valence-corrected chi connectivity index (χ3v) is 3.41. The Hall–Kier alpha value is -3.01. The molecule has 0 atom stereocenters. The van der Waals surface area contributed by atoms with Gasteiger partial charge in [-0.1, -0.05) is 47.6 Å². The Morgan fingerprint density at radius 3 is 2.30 bits per heavy atom. The van der Waals surface area contributed by atoms with Crippen LogP contribution in [0, 0.1) is 0 Å². The number of ether oxygens (including phenoxy) is 2. The van der Waals surface area contributed by atoms with Gasteiger partial charge in [-0.3, -0.25) is 0 Å². The molecule has 116 valence electrons. The number of oxime groups is 1. The van der Waals surface area contributed by atoms with Crippen LogP contribution in [0.2, 0.25) is 0 Å². The van der Waals surface area contributed by atoms with Gasteiger partial charge >= 0.3 is 0 Å². The van der Waals surface area contributed by atoms with Crippen molar-refractivity contribution in [2.45, 2.75) is 0 Å². The maximum Gasteiger partial charge on any atom is 0.122 e. The van der Waals surface area contributed by atoms with E-state index in [1.165, 1.54) is 11.6 Å². The van der Waals surface area contributed by atoms with Crippen molar-refractivity contribution in [2.75, 3.05) is 13.2 Å². The minimum atomic E-state index is 0.437. The van der Waals surface area contributed by atoms with Crippen molar-refractivity contribution in [1.82, 2.24) is 0 Å². The van der Waals surface area contributed by atoms with E-state index in [4.69, 9.17) is 14.7 Å². The molecule has 3 aromatic carbocycles. The molecule has 0 radical (unpaired) electrons. The summed E-state index contributed by atoms with van der Waals surface area (Å²) in [4.78, 5) is 0. The van der Waals surface area contributed by atoms with Gasteiger partial charge in [0, 0.05) is 0 Å². The number of benzene rings is 3. The summed E-state index contributed by atoms with van der Waals surface area (Å²) in [5, 5.41) is 13.9. The predicted molar refractivity (Wildman–Crippen MR) is 90.8 cm³/mol. The lowest BCUT2D eigenvalue weighted by Crippen LogP contribution is -2.09. The highest BCUT2D eigenvalue weighted by Crippen LogP contribution is 2.20. The fraction of sp³-hybridized carbons (Fsp3) is 0.105. The van der Waals surface area contributed by atoms with Crippen molar-refractivity contribution in [3.63, 3.8) is 0 Å². The van der Waals surface area contributed by atoms with Crippen LogP contribution in [0.15, 0.2) is 71.9 Å². The zero-order valence-corrected chi connectivity index (χ0v) is 12.6. The highest BCUT2D eigenvalue weighted by atomic mass is 16.5. The lowest BCUT2D eigenvalue weighted by atomic mass is 10.1. The molecule has 0 unspecified atom stereocenters. The van der Waals surface area contributed by atoms with E-state index in [1.54, 1.807) is 6.07 Å². The second-order valence-corrected chi connectivity index (χ2v) is 5.02. The molecule has 0 spiro atoms. The van der Waals surface area contributed by atoms with Crippen LogP contribution in [0.25, 0.3) is 10.8 Å². The van der Waals surface area contributed by atoms with Crippen molar-refractivity contribution in [1.29, 1.82) is 0 Å². The van der Waals surface area contributed by atoms with E-state index in [0.717, 1.165) is 16.7 Å². The van der Waals surface area contributed by atoms with Gasteiger partial charge in [-0.2, -0.15) is 0 Å². The van der Waals surface area contributed by atoms with Gasteiger partial charge in [0.2, 0.25) is 0 Å². The quantitative estimate of drug-likeness (QED) is 0.323. The van der Waals surface area contributed by atoms with Crippen molar-refractivity contribution in [3.05, 3.63) is 72.3 Å². The minimum absolute atomic E-state index is 0.437. The van der Waals surface area contributed by atoms with Gasteiger partial charge in [0.05, 0.1) is 6.21 Å². The van der Waals surface area contributed by atoms with Crippen LogP contribution >= 0.6 is 0 Å². The lowest BCUT2D eigenvalue weighted by Gasteiger charge is -2.09. The van der Waals surface area contributed by atoms with Gasteiger partial charge in [-0.25, -0.2) is 0 Å². The summed E-state index contributed by atoms with van der Waals surface area (Å²) in [5.41, 5.74) is 0.778. The van der Waals surface area contributed by atoms with Crippen LogP contribution in [-0.2, 0) is 0 Å². The highest BCUT2D eigenvalue weighted by Gasteiger charge is 1.99. The summed E-state index contributed by atoms with van der Waals surface area (Å²) in [7, 11) is 0. The van der Waals surface area contributed by atoms with E-state index in [2.05, 4.69) is 17.3 Å². The minimum Gasteiger partial charge on any atom is -0.490 e. The number of rotatable bonds is 6. The zero-order chi connectivity index (χ0) is 15.9. The molecule has 3 aromatic rings. The summed E-state index contributed by atoms with van der Waals surface area (Å²) in [5.74, 6) is 1.54. The summed E-state index contributed by atoms with van der Waals surface area (Å²) in [6.07, 6.45) is 1.36. The van der Waals surface area contributed by atoms with Gasteiger partial charge in [0.25, 0.3) is 0 Å². The Morgan fingerprint density at radius 1 is 0.783 bits per heavy atom. The Bertz CT molecular complexity index is 814. The predicted octanol–water partition coefficient (Wildman–Crippen LogP) is 4.11. The molecule has 4 nitrogen and oxygen atoms in total. The van der Waals surface area contributed by atoms with E-state index in [-0.39, 0.29) is 0 Å². The molecular formula is C19H17NO3. The average Bonchev–Trinajstić information content (AvgIpc) is 2.59. The molecule has 0 aliphatic rings. The Kier molecular flexibility index (Phi) is 4.74. The van der Waals surface area contributed by atoms with Crippen molar-refractivity contribution in [3.8, 4) is 11.5 Å². The molecule has 0 aliphatic heterocycles. The molecule has 0 bridgehead atoms. The normalized spacial score (nSPS) is 11.0. The molecule has 0 saturated carbocycles. The summed E-state index contributed by atoms with van der Waals surface area (Å²) >= 11 is 0. The zero-order valence-electron chi connectivity index (χ0n) is 12.6. The Morgan fingerprint density at radius 2 is 1.52 bits per heavy atom. The molecule has 1 N–H and O–H groups in total. The summed E-state index contributed by atoms with van der Waals surface area (Å²) in [6, 6.07) is 21.5. The van der Waals surface area contributed by atoms with Crippen LogP contribution < -0.4 is 9.47 Å². The third-order valence-electron chi connectivity index (χ3n) is 3.41. The van der Waals surface area contributed by atoms with E-state index in [0.29, 0.717) is 19.0 Å². The molecule has 0 aromatic heterocycles. The Balaban J connectivity index is 1.53. The van der Waals surface area contributed by atoms with Gasteiger partial charge < -0.3 is 14.7 Å². The van der Waals surface area contributed by atoms with Gasteiger partial charge in [-0.05, 0) is 40.6 Å². The van der Waals surface area contributed by atoms with Crippen molar-refractivity contribution < 1.29 is 14.7 Å². The number of fused-ring (bicyclic) bond motifs is 1. The topological polar surface area (TPSA) is 51.1 Å². The van der Waals surface area contributed by atoms with E-state index >= 15 is 0 Å². The van der Waals surface area contributed by atoms with E-state index in [9.17, 15) is 0 Å². The first-order valence-electron chi connectivity index (χ1n) is 7.37. The molecule has 0 fully saturated rings. The summed E-state index contributed by atoms with van der Waals surface area (Å²) in [6.45, 7) is 0.892. The maximum absolute atomic E-state index is 8.53. The molecule has 0 saturated heterocycles. The third kappa shape index (κ3) is 4.01. The molecule has 23 heavy (non-hydrogen) atoms. The fourth-order valence-electron chi connectivity index (χ4n) is 2.33. The first-order valence-corrected chi connectivity index (χ1v) is 7.37. The first kappa shape index (κ1) is 14.9. The fourth-order valence-corrected chi connectivity index (χ4v) is 2.33.